The molecule has 4 unspecified atom stereocenters. The van der Waals surface area contributed by atoms with Crippen molar-refractivity contribution in [2.24, 2.45) is 11.8 Å². The van der Waals surface area contributed by atoms with Gasteiger partial charge in [0.15, 0.2) is 0 Å². The van der Waals surface area contributed by atoms with Gasteiger partial charge in [0.1, 0.15) is 11.5 Å². The van der Waals surface area contributed by atoms with E-state index in [9.17, 15) is 0 Å². The number of alkyl halides is 4. The second-order valence-electron chi connectivity index (χ2n) is 9.54. The first kappa shape index (κ1) is 27.9. The lowest BCUT2D eigenvalue weighted by Gasteiger charge is -2.38. The maximum Gasteiger partial charge on any atom is 0.233 e. The van der Waals surface area contributed by atoms with E-state index in [1.54, 1.807) is 0 Å². The SMILES string of the molecule is BrCCCC(CCBr)Cc1ccc2c(c1)C1Oc3ccc(CC(CCBr)CCCBr)cc3C(O2)O1. The first-order chi connectivity index (χ1) is 17.1. The predicted molar refractivity (Wildman–Crippen MR) is 158 cm³/mol. The topological polar surface area (TPSA) is 27.7 Å². The molecule has 2 aromatic rings. The zero-order valence-corrected chi connectivity index (χ0v) is 26.3. The van der Waals surface area contributed by atoms with Gasteiger partial charge >= 0.3 is 0 Å². The smallest absolute Gasteiger partial charge is 0.233 e. The molecule has 0 saturated carbocycles. The monoisotopic (exact) mass is 734 g/mol. The summed E-state index contributed by atoms with van der Waals surface area (Å²) in [6.45, 7) is 0. The quantitative estimate of drug-likeness (QED) is 0.181. The summed E-state index contributed by atoms with van der Waals surface area (Å²) in [5.41, 5.74) is 4.64. The van der Waals surface area contributed by atoms with Crippen molar-refractivity contribution in [3.05, 3.63) is 58.7 Å². The van der Waals surface area contributed by atoms with Crippen LogP contribution in [0.4, 0.5) is 0 Å². The van der Waals surface area contributed by atoms with Crippen molar-refractivity contribution in [3.63, 3.8) is 0 Å². The van der Waals surface area contributed by atoms with Gasteiger partial charge in [-0.2, -0.15) is 0 Å². The second kappa shape index (κ2) is 14.2. The van der Waals surface area contributed by atoms with Crippen LogP contribution in [0.3, 0.4) is 0 Å². The van der Waals surface area contributed by atoms with Crippen LogP contribution in [-0.4, -0.2) is 21.3 Å². The molecular formula is C28H34Br4O3. The lowest BCUT2D eigenvalue weighted by molar-refractivity contribution is -0.227. The Hall–Kier alpha value is -0.0800. The van der Waals surface area contributed by atoms with Crippen LogP contribution >= 0.6 is 63.7 Å². The van der Waals surface area contributed by atoms with Crippen LogP contribution in [0.15, 0.2) is 36.4 Å². The fraction of sp³-hybridized carbons (Fsp3) is 0.571. The van der Waals surface area contributed by atoms with E-state index in [-0.39, 0.29) is 0 Å². The third-order valence-electron chi connectivity index (χ3n) is 6.95. The maximum absolute atomic E-state index is 6.34. The van der Waals surface area contributed by atoms with Crippen molar-refractivity contribution >= 4 is 63.7 Å². The summed E-state index contributed by atoms with van der Waals surface area (Å²) < 4.78 is 18.9. The van der Waals surface area contributed by atoms with Gasteiger partial charge in [-0.15, -0.1) is 0 Å². The first-order valence-corrected chi connectivity index (χ1v) is 17.1. The van der Waals surface area contributed by atoms with Gasteiger partial charge in [0.05, 0.1) is 11.1 Å². The van der Waals surface area contributed by atoms with Crippen LogP contribution in [0.5, 0.6) is 11.5 Å². The average Bonchev–Trinajstić information content (AvgIpc) is 2.87. The van der Waals surface area contributed by atoms with Crippen molar-refractivity contribution < 1.29 is 14.2 Å². The molecule has 35 heavy (non-hydrogen) atoms. The van der Waals surface area contributed by atoms with Crippen LogP contribution in [0.25, 0.3) is 0 Å². The van der Waals surface area contributed by atoms with E-state index in [0.717, 1.165) is 56.8 Å². The Balaban J connectivity index is 1.48. The zero-order chi connectivity index (χ0) is 24.6. The van der Waals surface area contributed by atoms with Gasteiger partial charge in [-0.25, -0.2) is 0 Å². The molecule has 2 aliphatic heterocycles. The molecular weight excluding hydrogens is 704 g/mol. The van der Waals surface area contributed by atoms with Crippen LogP contribution in [0.1, 0.15) is 73.4 Å². The highest BCUT2D eigenvalue weighted by atomic mass is 79.9. The van der Waals surface area contributed by atoms with Crippen molar-refractivity contribution in [2.75, 3.05) is 21.3 Å². The van der Waals surface area contributed by atoms with Crippen molar-refractivity contribution in [3.8, 4) is 11.5 Å². The summed E-state index contributed by atoms with van der Waals surface area (Å²) in [6, 6.07) is 13.1. The Morgan fingerprint density at radius 3 is 1.46 bits per heavy atom. The Morgan fingerprint density at radius 1 is 0.600 bits per heavy atom. The summed E-state index contributed by atoms with van der Waals surface area (Å²) in [5.74, 6) is 3.08. The van der Waals surface area contributed by atoms with Gasteiger partial charge in [0, 0.05) is 21.3 Å². The number of fused-ring (bicyclic) bond motifs is 6. The van der Waals surface area contributed by atoms with Crippen LogP contribution < -0.4 is 9.47 Å². The normalized spacial score (nSPS) is 19.8. The predicted octanol–water partition coefficient (Wildman–Crippen LogP) is 9.42. The number of ether oxygens (including phenoxy) is 3. The molecule has 2 bridgehead atoms. The Morgan fingerprint density at radius 2 is 1.06 bits per heavy atom. The van der Waals surface area contributed by atoms with E-state index in [1.165, 1.54) is 49.7 Å². The molecule has 192 valence electrons. The van der Waals surface area contributed by atoms with E-state index in [2.05, 4.69) is 100 Å². The van der Waals surface area contributed by atoms with Gasteiger partial charge in [-0.05, 0) is 98.6 Å². The van der Waals surface area contributed by atoms with Crippen molar-refractivity contribution in [2.45, 2.75) is 63.9 Å². The lowest BCUT2D eigenvalue weighted by atomic mass is 9.91. The van der Waals surface area contributed by atoms with E-state index in [1.807, 2.05) is 0 Å². The molecule has 4 atom stereocenters. The second-order valence-corrected chi connectivity index (χ2v) is 12.7. The van der Waals surface area contributed by atoms with Crippen LogP contribution in [0.2, 0.25) is 0 Å². The third kappa shape index (κ3) is 7.49. The largest absolute Gasteiger partial charge is 0.460 e. The summed E-state index contributed by atoms with van der Waals surface area (Å²) in [7, 11) is 0. The Kier molecular flexibility index (Phi) is 11.3. The molecule has 2 aliphatic rings. The lowest BCUT2D eigenvalue weighted by Crippen LogP contribution is -2.30. The molecule has 0 saturated heterocycles. The van der Waals surface area contributed by atoms with Crippen LogP contribution in [-0.2, 0) is 17.6 Å². The number of hydrogen-bond donors (Lipinski definition) is 0. The third-order valence-corrected chi connectivity index (χ3v) is 8.98. The van der Waals surface area contributed by atoms with Crippen molar-refractivity contribution in [1.29, 1.82) is 0 Å². The summed E-state index contributed by atoms with van der Waals surface area (Å²) >= 11 is 14.4. The molecule has 4 rings (SSSR count). The fourth-order valence-corrected chi connectivity index (χ4v) is 7.05. The van der Waals surface area contributed by atoms with Gasteiger partial charge in [-0.3, -0.25) is 4.74 Å². The molecule has 2 heterocycles. The van der Waals surface area contributed by atoms with Gasteiger partial charge < -0.3 is 9.47 Å². The fourth-order valence-electron chi connectivity index (χ4n) is 5.11. The molecule has 0 fully saturated rings. The minimum Gasteiger partial charge on any atom is -0.460 e. The molecule has 3 nitrogen and oxygen atoms in total. The highest BCUT2D eigenvalue weighted by Crippen LogP contribution is 2.48. The van der Waals surface area contributed by atoms with E-state index in [0.29, 0.717) is 11.8 Å². The van der Waals surface area contributed by atoms with E-state index in [4.69, 9.17) is 14.2 Å². The first-order valence-electron chi connectivity index (χ1n) is 12.6. The van der Waals surface area contributed by atoms with Gasteiger partial charge in [-0.1, -0.05) is 75.9 Å². The summed E-state index contributed by atoms with van der Waals surface area (Å²) in [5, 5.41) is 4.20. The molecule has 0 spiro atoms. The van der Waals surface area contributed by atoms with Gasteiger partial charge in [0.25, 0.3) is 0 Å². The van der Waals surface area contributed by atoms with Crippen molar-refractivity contribution in [1.82, 2.24) is 0 Å². The van der Waals surface area contributed by atoms with E-state index < -0.39 is 12.6 Å². The average molecular weight is 738 g/mol. The molecule has 0 aromatic heterocycles. The minimum atomic E-state index is -0.417. The number of rotatable bonds is 14. The van der Waals surface area contributed by atoms with Crippen LogP contribution in [0, 0.1) is 11.8 Å². The van der Waals surface area contributed by atoms with E-state index >= 15 is 0 Å². The Bertz CT molecular complexity index is 878. The number of hydrogen-bond acceptors (Lipinski definition) is 3. The minimum absolute atomic E-state index is 0.417. The van der Waals surface area contributed by atoms with Gasteiger partial charge in [0.2, 0.25) is 12.6 Å². The molecule has 7 heteroatoms. The maximum atomic E-state index is 6.34. The Labute approximate surface area is 243 Å². The molecule has 0 amide bonds. The molecule has 2 aromatic carbocycles. The highest BCUT2D eigenvalue weighted by molar-refractivity contribution is 9.09. The molecule has 0 radical (unpaired) electrons. The molecule has 0 N–H and O–H groups in total. The highest BCUT2D eigenvalue weighted by Gasteiger charge is 2.38. The number of halogens is 4. The standard InChI is InChI=1S/C28H34Br4O3/c29-11-1-3-19(9-13-31)15-21-5-7-25-23(17-21)27-34-26-8-6-22(18-24(26)28(33-25)35-27)16-20(10-14-32)4-2-12-30/h5-8,17-20,27-28H,1-4,9-16H2. The summed E-state index contributed by atoms with van der Waals surface area (Å²) in [6.07, 6.45) is 8.51. The zero-order valence-electron chi connectivity index (χ0n) is 20.0. The molecule has 0 aliphatic carbocycles. The summed E-state index contributed by atoms with van der Waals surface area (Å²) in [4.78, 5) is 0. The number of benzene rings is 2.